The summed E-state index contributed by atoms with van der Waals surface area (Å²) in [5, 5.41) is 0. The molecule has 0 N–H and O–H groups in total. The molecule has 14 heavy (non-hydrogen) atoms. The van der Waals surface area contributed by atoms with Crippen LogP contribution in [0.5, 0.6) is 0 Å². The molecule has 1 rings (SSSR count). The Kier molecular flexibility index (Phi) is 2.80. The highest BCUT2D eigenvalue weighted by atomic mass is 32.3. The molecule has 0 heterocycles. The van der Waals surface area contributed by atoms with Crippen LogP contribution in [0.2, 0.25) is 0 Å². The van der Waals surface area contributed by atoms with E-state index < -0.39 is 33.5 Å². The average molecular weight is 228 g/mol. The van der Waals surface area contributed by atoms with E-state index in [1.54, 1.807) is 0 Å². The van der Waals surface area contributed by atoms with Crippen LogP contribution in [0.15, 0.2) is 0 Å². The van der Waals surface area contributed by atoms with Gasteiger partial charge in [0.25, 0.3) is 0 Å². The summed E-state index contributed by atoms with van der Waals surface area (Å²) in [6, 6.07) is 0. The summed E-state index contributed by atoms with van der Waals surface area (Å²) in [6.07, 6.45) is -0.578. The summed E-state index contributed by atoms with van der Waals surface area (Å²) < 4.78 is 50.1. The lowest BCUT2D eigenvalue weighted by molar-refractivity contribution is -0.154. The number of carbonyl (C=O) groups excluding carboxylic acids is 1. The SMILES string of the molecule is COC(=O)C1CC(F)(CS(=O)(=O)F)C1. The largest absolute Gasteiger partial charge is 0.469 e. The van der Waals surface area contributed by atoms with Crippen molar-refractivity contribution < 1.29 is 26.2 Å². The highest BCUT2D eigenvalue weighted by molar-refractivity contribution is 7.86. The third kappa shape index (κ3) is 2.63. The summed E-state index contributed by atoms with van der Waals surface area (Å²) in [7, 11) is -3.67. The van der Waals surface area contributed by atoms with Crippen molar-refractivity contribution in [2.75, 3.05) is 12.9 Å². The van der Waals surface area contributed by atoms with Gasteiger partial charge in [0.2, 0.25) is 0 Å². The van der Waals surface area contributed by atoms with Crippen molar-refractivity contribution in [3.8, 4) is 0 Å². The summed E-state index contributed by atoms with van der Waals surface area (Å²) in [5.41, 5.74) is -2.10. The minimum absolute atomic E-state index is 0.289. The van der Waals surface area contributed by atoms with Crippen LogP contribution in [0.3, 0.4) is 0 Å². The molecule has 0 bridgehead atoms. The molecule has 1 aliphatic carbocycles. The number of methoxy groups -OCH3 is 1. The summed E-state index contributed by atoms with van der Waals surface area (Å²) >= 11 is 0. The number of hydrogen-bond donors (Lipinski definition) is 0. The van der Waals surface area contributed by atoms with E-state index in [4.69, 9.17) is 0 Å². The molecule has 0 unspecified atom stereocenters. The van der Waals surface area contributed by atoms with Gasteiger partial charge in [0, 0.05) is 0 Å². The van der Waals surface area contributed by atoms with Crippen LogP contribution < -0.4 is 0 Å². The molecule has 0 spiro atoms. The summed E-state index contributed by atoms with van der Waals surface area (Å²) in [6.45, 7) is 0. The minimum atomic E-state index is -4.83. The molecule has 0 aromatic heterocycles. The van der Waals surface area contributed by atoms with Gasteiger partial charge < -0.3 is 4.74 Å². The molecule has 1 fully saturated rings. The van der Waals surface area contributed by atoms with Gasteiger partial charge in [-0.25, -0.2) is 4.39 Å². The lowest BCUT2D eigenvalue weighted by atomic mass is 9.73. The van der Waals surface area contributed by atoms with E-state index in [2.05, 4.69) is 4.74 Å². The van der Waals surface area contributed by atoms with Crippen molar-refractivity contribution in [3.63, 3.8) is 0 Å². The average Bonchev–Trinajstić information content (AvgIpc) is 1.95. The predicted molar refractivity (Wildman–Crippen MR) is 43.5 cm³/mol. The number of rotatable bonds is 3. The third-order valence-corrected chi connectivity index (χ3v) is 3.05. The topological polar surface area (TPSA) is 60.4 Å². The maximum absolute atomic E-state index is 13.3. The Bertz CT molecular complexity index is 332. The number of ether oxygens (including phenoxy) is 1. The number of halogens is 2. The van der Waals surface area contributed by atoms with Gasteiger partial charge in [0.1, 0.15) is 11.4 Å². The number of carbonyl (C=O) groups is 1. The second kappa shape index (κ2) is 3.45. The molecule has 4 nitrogen and oxygen atoms in total. The molecular weight excluding hydrogens is 218 g/mol. The van der Waals surface area contributed by atoms with Crippen molar-refractivity contribution in [2.24, 2.45) is 5.92 Å². The molecule has 0 radical (unpaired) electrons. The van der Waals surface area contributed by atoms with Gasteiger partial charge in [0.15, 0.2) is 0 Å². The highest BCUT2D eigenvalue weighted by Gasteiger charge is 2.51. The molecule has 0 aromatic carbocycles. The monoisotopic (exact) mass is 228 g/mol. The fourth-order valence-electron chi connectivity index (χ4n) is 1.58. The molecule has 0 atom stereocenters. The van der Waals surface area contributed by atoms with Crippen LogP contribution >= 0.6 is 0 Å². The molecular formula is C7H10F2O4S. The van der Waals surface area contributed by atoms with Crippen LogP contribution in [-0.2, 0) is 19.8 Å². The third-order valence-electron chi connectivity index (χ3n) is 2.19. The first kappa shape index (κ1) is 11.4. The summed E-state index contributed by atoms with van der Waals surface area (Å²) in [5.74, 6) is -2.41. The van der Waals surface area contributed by atoms with Crippen LogP contribution in [0, 0.1) is 5.92 Å². The van der Waals surface area contributed by atoms with E-state index in [1.165, 1.54) is 0 Å². The molecule has 0 aromatic rings. The van der Waals surface area contributed by atoms with Crippen LogP contribution in [0.25, 0.3) is 0 Å². The molecule has 82 valence electrons. The zero-order valence-electron chi connectivity index (χ0n) is 7.50. The van der Waals surface area contributed by atoms with Gasteiger partial charge in [0.05, 0.1) is 13.0 Å². The quantitative estimate of drug-likeness (QED) is 0.523. The van der Waals surface area contributed by atoms with Gasteiger partial charge in [-0.3, -0.25) is 4.79 Å². The normalized spacial score (nSPS) is 32.1. The zero-order valence-corrected chi connectivity index (χ0v) is 8.31. The van der Waals surface area contributed by atoms with Crippen LogP contribution in [0.4, 0.5) is 8.28 Å². The maximum atomic E-state index is 13.3. The van der Waals surface area contributed by atoms with E-state index >= 15 is 0 Å². The standard InChI is InChI=1S/C7H10F2O4S/c1-13-6(10)5-2-7(8,3-5)4-14(9,11)12/h5H,2-4H2,1H3. The summed E-state index contributed by atoms with van der Waals surface area (Å²) in [4.78, 5) is 10.8. The second-order valence-corrected chi connectivity index (χ2v) is 4.83. The van der Waals surface area contributed by atoms with Crippen LogP contribution in [-0.4, -0.2) is 32.9 Å². The first-order chi connectivity index (χ1) is 6.26. The Labute approximate surface area is 80.5 Å². The molecule has 0 amide bonds. The molecule has 0 aliphatic heterocycles. The van der Waals surface area contributed by atoms with E-state index in [0.29, 0.717) is 0 Å². The fraction of sp³-hybridized carbons (Fsp3) is 0.857. The van der Waals surface area contributed by atoms with Gasteiger partial charge >= 0.3 is 16.2 Å². The second-order valence-electron chi connectivity index (χ2n) is 3.46. The van der Waals surface area contributed by atoms with Crippen molar-refractivity contribution in [1.29, 1.82) is 0 Å². The number of alkyl halides is 1. The molecule has 7 heteroatoms. The Hall–Kier alpha value is -0.720. The Balaban J connectivity index is 2.50. The Morgan fingerprint density at radius 2 is 2.07 bits per heavy atom. The fourth-order valence-corrected chi connectivity index (χ4v) is 2.44. The van der Waals surface area contributed by atoms with E-state index in [-0.39, 0.29) is 12.8 Å². The first-order valence-electron chi connectivity index (χ1n) is 3.95. The Morgan fingerprint density at radius 3 is 2.43 bits per heavy atom. The van der Waals surface area contributed by atoms with Crippen molar-refractivity contribution >= 4 is 16.2 Å². The highest BCUT2D eigenvalue weighted by Crippen LogP contribution is 2.42. The van der Waals surface area contributed by atoms with Gasteiger partial charge in [-0.05, 0) is 12.8 Å². The predicted octanol–water partition coefficient (Wildman–Crippen LogP) is 0.577. The van der Waals surface area contributed by atoms with Crippen molar-refractivity contribution in [1.82, 2.24) is 0 Å². The van der Waals surface area contributed by atoms with Crippen molar-refractivity contribution in [2.45, 2.75) is 18.5 Å². The van der Waals surface area contributed by atoms with E-state index in [1.807, 2.05) is 0 Å². The zero-order chi connectivity index (χ0) is 11.0. The molecule has 1 saturated carbocycles. The van der Waals surface area contributed by atoms with Crippen LogP contribution in [0.1, 0.15) is 12.8 Å². The number of hydrogen-bond acceptors (Lipinski definition) is 4. The van der Waals surface area contributed by atoms with Gasteiger partial charge in [-0.1, -0.05) is 0 Å². The molecule has 1 aliphatic rings. The lowest BCUT2D eigenvalue weighted by Crippen LogP contribution is -2.47. The maximum Gasteiger partial charge on any atom is 0.308 e. The molecule has 0 saturated heterocycles. The van der Waals surface area contributed by atoms with E-state index in [0.717, 1.165) is 7.11 Å². The van der Waals surface area contributed by atoms with Gasteiger partial charge in [-0.15, -0.1) is 3.89 Å². The van der Waals surface area contributed by atoms with Gasteiger partial charge in [-0.2, -0.15) is 8.42 Å². The van der Waals surface area contributed by atoms with Crippen molar-refractivity contribution in [3.05, 3.63) is 0 Å². The first-order valence-corrected chi connectivity index (χ1v) is 5.50. The Morgan fingerprint density at radius 1 is 1.57 bits per heavy atom. The lowest BCUT2D eigenvalue weighted by Gasteiger charge is -2.38. The number of esters is 1. The minimum Gasteiger partial charge on any atom is -0.469 e. The van der Waals surface area contributed by atoms with E-state index in [9.17, 15) is 21.5 Å². The smallest absolute Gasteiger partial charge is 0.308 e.